The number of carbonyl (C=O) groups is 1. The van der Waals surface area contributed by atoms with Crippen molar-refractivity contribution in [3.05, 3.63) is 59.7 Å². The highest BCUT2D eigenvalue weighted by atomic mass is 19.1. The van der Waals surface area contributed by atoms with Crippen molar-refractivity contribution in [2.45, 2.75) is 38.6 Å². The summed E-state index contributed by atoms with van der Waals surface area (Å²) in [7, 11) is 0. The standard InChI is InChI=1S/C28H36F2N4O/c1-20(2)17-28(35)33-15-13-31(14-16-33)11-12-32-10-9-27-25(19-32)24-18-22(30)5-8-26(24)34(27)23-6-3-21(29)4-7-23/h3-8,18,20,25,27H,9-17,19H2,1-2H3/t25-,27+/m0/s1. The fourth-order valence-electron chi connectivity index (χ4n) is 5.96. The van der Waals surface area contributed by atoms with E-state index in [9.17, 15) is 13.6 Å². The van der Waals surface area contributed by atoms with Gasteiger partial charge in [0.1, 0.15) is 11.6 Å². The summed E-state index contributed by atoms with van der Waals surface area (Å²) in [5.74, 6) is 0.454. The van der Waals surface area contributed by atoms with E-state index in [1.54, 1.807) is 6.07 Å². The molecule has 0 unspecified atom stereocenters. The van der Waals surface area contributed by atoms with E-state index in [0.29, 0.717) is 12.3 Å². The Morgan fingerprint density at radius 2 is 1.60 bits per heavy atom. The molecular formula is C28H36F2N4O. The molecule has 2 fully saturated rings. The molecule has 0 bridgehead atoms. The van der Waals surface area contributed by atoms with Crippen LogP contribution in [0.2, 0.25) is 0 Å². The van der Waals surface area contributed by atoms with E-state index in [2.05, 4.69) is 28.5 Å². The van der Waals surface area contributed by atoms with E-state index in [1.807, 2.05) is 23.1 Å². The molecule has 0 saturated carbocycles. The highest BCUT2D eigenvalue weighted by Gasteiger charge is 2.42. The minimum absolute atomic E-state index is 0.203. The van der Waals surface area contributed by atoms with Crippen molar-refractivity contribution in [2.24, 2.45) is 5.92 Å². The third-order valence-corrected chi connectivity index (χ3v) is 7.79. The van der Waals surface area contributed by atoms with Crippen molar-refractivity contribution in [1.29, 1.82) is 0 Å². The third-order valence-electron chi connectivity index (χ3n) is 7.79. The van der Waals surface area contributed by atoms with Gasteiger partial charge >= 0.3 is 0 Å². The van der Waals surface area contributed by atoms with Crippen LogP contribution in [0.5, 0.6) is 0 Å². The quantitative estimate of drug-likeness (QED) is 0.608. The molecule has 3 heterocycles. The predicted octanol–water partition coefficient (Wildman–Crippen LogP) is 4.46. The van der Waals surface area contributed by atoms with Crippen LogP contribution in [0.25, 0.3) is 0 Å². The van der Waals surface area contributed by atoms with Crippen LogP contribution in [0, 0.1) is 17.6 Å². The van der Waals surface area contributed by atoms with Gasteiger partial charge in [0, 0.05) is 82.1 Å². The van der Waals surface area contributed by atoms with Crippen molar-refractivity contribution >= 4 is 17.3 Å². The Kier molecular flexibility index (Phi) is 7.07. The lowest BCUT2D eigenvalue weighted by Gasteiger charge is -2.40. The number of piperidine rings is 1. The zero-order valence-electron chi connectivity index (χ0n) is 20.8. The van der Waals surface area contributed by atoms with Crippen LogP contribution in [-0.4, -0.2) is 79.0 Å². The largest absolute Gasteiger partial charge is 0.340 e. The number of carbonyl (C=O) groups excluding carboxylic acids is 1. The van der Waals surface area contributed by atoms with E-state index in [-0.39, 0.29) is 29.5 Å². The van der Waals surface area contributed by atoms with Crippen molar-refractivity contribution in [3.8, 4) is 0 Å². The van der Waals surface area contributed by atoms with E-state index in [1.165, 1.54) is 18.2 Å². The number of hydrogen-bond acceptors (Lipinski definition) is 4. The molecule has 0 spiro atoms. The maximum absolute atomic E-state index is 14.2. The molecule has 0 N–H and O–H groups in total. The van der Waals surface area contributed by atoms with E-state index < -0.39 is 0 Å². The van der Waals surface area contributed by atoms with E-state index >= 15 is 0 Å². The first kappa shape index (κ1) is 24.2. The molecule has 0 aromatic heterocycles. The number of nitrogens with zero attached hydrogens (tertiary/aromatic N) is 4. The molecule has 2 aromatic carbocycles. The molecule has 0 radical (unpaired) electrons. The lowest BCUT2D eigenvalue weighted by molar-refractivity contribution is -0.133. The van der Waals surface area contributed by atoms with Crippen molar-refractivity contribution in [2.75, 3.05) is 57.3 Å². The first-order valence-corrected chi connectivity index (χ1v) is 13.0. The second-order valence-electron chi connectivity index (χ2n) is 10.6. The van der Waals surface area contributed by atoms with Crippen molar-refractivity contribution in [1.82, 2.24) is 14.7 Å². The molecule has 35 heavy (non-hydrogen) atoms. The fourth-order valence-corrected chi connectivity index (χ4v) is 5.96. The van der Waals surface area contributed by atoms with Gasteiger partial charge in [-0.3, -0.25) is 9.69 Å². The van der Waals surface area contributed by atoms with Crippen LogP contribution in [0.15, 0.2) is 42.5 Å². The molecule has 188 valence electrons. The lowest BCUT2D eigenvalue weighted by Crippen LogP contribution is -2.51. The molecule has 5 rings (SSSR count). The monoisotopic (exact) mass is 482 g/mol. The molecular weight excluding hydrogens is 446 g/mol. The highest BCUT2D eigenvalue weighted by Crippen LogP contribution is 2.48. The first-order valence-electron chi connectivity index (χ1n) is 13.0. The van der Waals surface area contributed by atoms with Crippen LogP contribution >= 0.6 is 0 Å². The normalized spacial score (nSPS) is 23.0. The van der Waals surface area contributed by atoms with Gasteiger partial charge in [-0.25, -0.2) is 8.78 Å². The summed E-state index contributed by atoms with van der Waals surface area (Å²) in [6.45, 7) is 11.5. The maximum atomic E-state index is 14.2. The molecule has 2 saturated heterocycles. The molecule has 1 amide bonds. The Morgan fingerprint density at radius 3 is 2.31 bits per heavy atom. The lowest BCUT2D eigenvalue weighted by atomic mass is 9.89. The Bertz CT molecular complexity index is 1040. The minimum atomic E-state index is -0.247. The number of fused-ring (bicyclic) bond motifs is 3. The average Bonchev–Trinajstić information content (AvgIpc) is 3.16. The summed E-state index contributed by atoms with van der Waals surface area (Å²) in [5.41, 5.74) is 3.06. The molecule has 5 nitrogen and oxygen atoms in total. The van der Waals surface area contributed by atoms with Gasteiger partial charge in [0.2, 0.25) is 5.91 Å². The minimum Gasteiger partial charge on any atom is -0.340 e. The molecule has 0 aliphatic carbocycles. The molecule has 7 heteroatoms. The SMILES string of the molecule is CC(C)CC(=O)N1CCN(CCN2CC[C@@H]3[C@@H](C2)c2cc(F)ccc2N3c2ccc(F)cc2)CC1. The van der Waals surface area contributed by atoms with Gasteiger partial charge in [0.25, 0.3) is 0 Å². The Labute approximate surface area is 207 Å². The van der Waals surface area contributed by atoms with Crippen LogP contribution in [0.4, 0.5) is 20.2 Å². The number of likely N-dealkylation sites (tertiary alicyclic amines) is 1. The molecule has 2 atom stereocenters. The van der Waals surface area contributed by atoms with Gasteiger partial charge in [0.05, 0.1) is 0 Å². The summed E-state index contributed by atoms with van der Waals surface area (Å²) in [6.07, 6.45) is 1.61. The first-order chi connectivity index (χ1) is 16.9. The molecule has 3 aliphatic rings. The maximum Gasteiger partial charge on any atom is 0.222 e. The smallest absolute Gasteiger partial charge is 0.222 e. The van der Waals surface area contributed by atoms with Crippen LogP contribution in [0.3, 0.4) is 0 Å². The van der Waals surface area contributed by atoms with Crippen LogP contribution in [-0.2, 0) is 4.79 Å². The van der Waals surface area contributed by atoms with Gasteiger partial charge in [-0.2, -0.15) is 0 Å². The van der Waals surface area contributed by atoms with Crippen LogP contribution in [0.1, 0.15) is 38.2 Å². The fraction of sp³-hybridized carbons (Fsp3) is 0.536. The number of amides is 1. The zero-order chi connectivity index (χ0) is 24.5. The highest BCUT2D eigenvalue weighted by molar-refractivity contribution is 5.76. The molecule has 3 aliphatic heterocycles. The van der Waals surface area contributed by atoms with E-state index in [0.717, 1.165) is 75.7 Å². The Morgan fingerprint density at radius 1 is 0.914 bits per heavy atom. The summed E-state index contributed by atoms with van der Waals surface area (Å²) < 4.78 is 27.8. The number of benzene rings is 2. The van der Waals surface area contributed by atoms with Crippen LogP contribution < -0.4 is 4.90 Å². The number of rotatable bonds is 6. The summed E-state index contributed by atoms with van der Waals surface area (Å²) in [6, 6.07) is 12.0. The average molecular weight is 483 g/mol. The summed E-state index contributed by atoms with van der Waals surface area (Å²) >= 11 is 0. The Hall–Kier alpha value is -2.51. The van der Waals surface area contributed by atoms with Gasteiger partial charge in [0.15, 0.2) is 0 Å². The third kappa shape index (κ3) is 5.21. The number of anilines is 2. The summed E-state index contributed by atoms with van der Waals surface area (Å²) in [5, 5.41) is 0. The van der Waals surface area contributed by atoms with Crippen molar-refractivity contribution < 1.29 is 13.6 Å². The number of hydrogen-bond donors (Lipinski definition) is 0. The van der Waals surface area contributed by atoms with Gasteiger partial charge in [-0.1, -0.05) is 13.8 Å². The summed E-state index contributed by atoms with van der Waals surface area (Å²) in [4.78, 5) is 21.6. The number of halogens is 2. The number of piperazine rings is 1. The van der Waals surface area contributed by atoms with Gasteiger partial charge in [-0.05, 0) is 60.4 Å². The van der Waals surface area contributed by atoms with Crippen molar-refractivity contribution in [3.63, 3.8) is 0 Å². The van der Waals surface area contributed by atoms with Gasteiger partial charge in [-0.15, -0.1) is 0 Å². The topological polar surface area (TPSA) is 30.0 Å². The molecule has 2 aromatic rings. The second kappa shape index (κ2) is 10.2. The van der Waals surface area contributed by atoms with E-state index in [4.69, 9.17) is 0 Å². The Balaban J connectivity index is 1.21. The zero-order valence-corrected chi connectivity index (χ0v) is 20.8. The van der Waals surface area contributed by atoms with Gasteiger partial charge < -0.3 is 14.7 Å². The predicted molar refractivity (Wildman–Crippen MR) is 135 cm³/mol. The second-order valence-corrected chi connectivity index (χ2v) is 10.6.